The second-order valence-electron chi connectivity index (χ2n) is 4.45. The van der Waals surface area contributed by atoms with Gasteiger partial charge in [-0.05, 0) is 19.1 Å². The molecule has 0 atom stereocenters. The molecule has 0 saturated carbocycles. The number of methoxy groups -OCH3 is 1. The predicted octanol–water partition coefficient (Wildman–Crippen LogP) is 3.19. The minimum atomic E-state index is -0.432. The van der Waals surface area contributed by atoms with Gasteiger partial charge in [0, 0.05) is 18.2 Å². The Morgan fingerprint density at radius 2 is 2.25 bits per heavy atom. The molecule has 0 spiro atoms. The molecule has 0 radical (unpaired) electrons. The summed E-state index contributed by atoms with van der Waals surface area (Å²) in [5.74, 6) is 0.427. The number of benzene rings is 1. The third-order valence-electron chi connectivity index (χ3n) is 3.04. The zero-order chi connectivity index (χ0) is 14.3. The third kappa shape index (κ3) is 2.09. The summed E-state index contributed by atoms with van der Waals surface area (Å²) in [6.45, 7) is 2.27. The molecule has 0 aliphatic rings. The van der Waals surface area contributed by atoms with E-state index in [1.54, 1.807) is 6.07 Å². The molecule has 2 heterocycles. The number of aromatic amines is 1. The molecule has 3 aromatic rings. The van der Waals surface area contributed by atoms with E-state index in [-0.39, 0.29) is 5.75 Å². The Labute approximate surface area is 119 Å². The molecule has 7 heteroatoms. The Hall–Kier alpha value is -2.15. The van der Waals surface area contributed by atoms with Crippen molar-refractivity contribution in [1.29, 1.82) is 0 Å². The summed E-state index contributed by atoms with van der Waals surface area (Å²) in [6, 6.07) is 4.81. The van der Waals surface area contributed by atoms with Crippen molar-refractivity contribution in [2.24, 2.45) is 0 Å². The minimum Gasteiger partial charge on any atom is -0.494 e. The molecular formula is C13H12FN3O2S. The van der Waals surface area contributed by atoms with Crippen LogP contribution in [0, 0.1) is 17.5 Å². The number of imidazole rings is 1. The highest BCUT2D eigenvalue weighted by atomic mass is 32.1. The number of rotatable bonds is 3. The zero-order valence-electron chi connectivity index (χ0n) is 10.9. The van der Waals surface area contributed by atoms with Crippen molar-refractivity contribution in [3.8, 4) is 5.75 Å². The lowest BCUT2D eigenvalue weighted by atomic mass is 10.2. The summed E-state index contributed by atoms with van der Waals surface area (Å²) in [6.07, 6.45) is 0. The van der Waals surface area contributed by atoms with E-state index in [1.807, 2.05) is 17.6 Å². The van der Waals surface area contributed by atoms with Gasteiger partial charge in [0.2, 0.25) is 0 Å². The molecule has 2 aromatic heterocycles. The van der Waals surface area contributed by atoms with Gasteiger partial charge in [-0.2, -0.15) is 0 Å². The van der Waals surface area contributed by atoms with Gasteiger partial charge in [-0.25, -0.2) is 4.39 Å². The summed E-state index contributed by atoms with van der Waals surface area (Å²) in [4.78, 5) is 2.97. The van der Waals surface area contributed by atoms with Crippen LogP contribution in [0.2, 0.25) is 0 Å². The van der Waals surface area contributed by atoms with Gasteiger partial charge in [-0.15, -0.1) is 0 Å². The van der Waals surface area contributed by atoms with Crippen LogP contribution in [0.15, 0.2) is 22.7 Å². The van der Waals surface area contributed by atoms with E-state index >= 15 is 0 Å². The average molecular weight is 293 g/mol. The van der Waals surface area contributed by atoms with Crippen LogP contribution in [0.3, 0.4) is 0 Å². The smallest absolute Gasteiger partial charge is 0.178 e. The van der Waals surface area contributed by atoms with Crippen LogP contribution in [0.25, 0.3) is 11.0 Å². The van der Waals surface area contributed by atoms with Gasteiger partial charge in [-0.1, -0.05) is 5.16 Å². The molecule has 1 N–H and O–H groups in total. The molecule has 0 amide bonds. The number of nitrogens with one attached hydrogen (secondary N) is 1. The number of H-pyrrole nitrogens is 1. The largest absolute Gasteiger partial charge is 0.494 e. The Kier molecular flexibility index (Phi) is 3.06. The maximum absolute atomic E-state index is 13.7. The minimum absolute atomic E-state index is 0.175. The van der Waals surface area contributed by atoms with Crippen molar-refractivity contribution in [2.75, 3.05) is 7.11 Å². The van der Waals surface area contributed by atoms with Crippen LogP contribution in [-0.2, 0) is 6.54 Å². The van der Waals surface area contributed by atoms with Crippen LogP contribution < -0.4 is 4.74 Å². The quantitative estimate of drug-likeness (QED) is 0.753. The highest BCUT2D eigenvalue weighted by Gasteiger charge is 2.12. The van der Waals surface area contributed by atoms with Crippen molar-refractivity contribution in [1.82, 2.24) is 14.7 Å². The highest BCUT2D eigenvalue weighted by molar-refractivity contribution is 7.71. The molecule has 5 nitrogen and oxygen atoms in total. The number of aryl methyl sites for hydroxylation is 1. The number of nitrogens with zero attached hydrogens (tertiary/aromatic N) is 2. The molecule has 0 aliphatic heterocycles. The Bertz CT molecular complexity index is 834. The van der Waals surface area contributed by atoms with E-state index in [0.717, 1.165) is 11.2 Å². The predicted molar refractivity (Wildman–Crippen MR) is 74.0 cm³/mol. The van der Waals surface area contributed by atoms with E-state index in [9.17, 15) is 4.39 Å². The summed E-state index contributed by atoms with van der Waals surface area (Å²) in [5.41, 5.74) is 2.17. The van der Waals surface area contributed by atoms with Crippen LogP contribution in [0.1, 0.15) is 11.5 Å². The van der Waals surface area contributed by atoms with Gasteiger partial charge in [0.1, 0.15) is 0 Å². The van der Waals surface area contributed by atoms with Crippen molar-refractivity contribution < 1.29 is 13.7 Å². The van der Waals surface area contributed by atoms with Gasteiger partial charge >= 0.3 is 0 Å². The maximum Gasteiger partial charge on any atom is 0.178 e. The van der Waals surface area contributed by atoms with Crippen LogP contribution in [0.4, 0.5) is 4.39 Å². The number of ether oxygens (including phenoxy) is 1. The molecule has 3 rings (SSSR count). The van der Waals surface area contributed by atoms with Crippen LogP contribution >= 0.6 is 12.2 Å². The number of fused-ring (bicyclic) bond motifs is 1. The Balaban J connectivity index is 2.14. The second-order valence-corrected chi connectivity index (χ2v) is 4.84. The topological polar surface area (TPSA) is 56.0 Å². The molecule has 0 aliphatic carbocycles. The molecule has 0 bridgehead atoms. The molecule has 104 valence electrons. The Morgan fingerprint density at radius 1 is 1.45 bits per heavy atom. The normalized spacial score (nSPS) is 11.2. The number of aromatic nitrogens is 3. The van der Waals surface area contributed by atoms with Crippen LogP contribution in [0.5, 0.6) is 5.75 Å². The van der Waals surface area contributed by atoms with E-state index in [4.69, 9.17) is 21.5 Å². The van der Waals surface area contributed by atoms with Crippen molar-refractivity contribution >= 4 is 23.3 Å². The lowest BCUT2D eigenvalue weighted by Gasteiger charge is -2.04. The standard InChI is InChI=1S/C13H12FN3O2S/c1-7-3-8(19-16-7)6-17-11-5-12(18-2)9(14)4-10(11)15-13(17)20/h3-5H,6H2,1-2H3,(H,15,20). The molecule has 0 fully saturated rings. The van der Waals surface area contributed by atoms with Gasteiger partial charge < -0.3 is 18.8 Å². The first kappa shape index (κ1) is 12.9. The molecule has 0 saturated heterocycles. The van der Waals surface area contributed by atoms with Gasteiger partial charge in [0.15, 0.2) is 22.1 Å². The third-order valence-corrected chi connectivity index (χ3v) is 3.36. The molecule has 0 unspecified atom stereocenters. The highest BCUT2D eigenvalue weighted by Crippen LogP contribution is 2.25. The summed E-state index contributed by atoms with van der Waals surface area (Å²) in [5, 5.41) is 3.84. The fourth-order valence-corrected chi connectivity index (χ4v) is 2.39. The fraction of sp³-hybridized carbons (Fsp3) is 0.231. The second kappa shape index (κ2) is 4.75. The van der Waals surface area contributed by atoms with Crippen LogP contribution in [-0.4, -0.2) is 21.8 Å². The fourth-order valence-electron chi connectivity index (χ4n) is 2.12. The summed E-state index contributed by atoms with van der Waals surface area (Å²) in [7, 11) is 1.43. The number of hydrogen-bond acceptors (Lipinski definition) is 4. The van der Waals surface area contributed by atoms with Crippen molar-refractivity contribution in [3.05, 3.63) is 40.2 Å². The number of halogens is 1. The first-order chi connectivity index (χ1) is 9.58. The summed E-state index contributed by atoms with van der Waals surface area (Å²) < 4.78 is 26.2. The SMILES string of the molecule is COc1cc2c(cc1F)[nH]c(=S)n2Cc1cc(C)no1. The lowest BCUT2D eigenvalue weighted by molar-refractivity contribution is 0.373. The van der Waals surface area contributed by atoms with Gasteiger partial charge in [0.05, 0.1) is 30.4 Å². The van der Waals surface area contributed by atoms with E-state index in [1.165, 1.54) is 13.2 Å². The average Bonchev–Trinajstić information content (AvgIpc) is 2.94. The lowest BCUT2D eigenvalue weighted by Crippen LogP contribution is -1.99. The number of hydrogen-bond donors (Lipinski definition) is 1. The van der Waals surface area contributed by atoms with Crippen molar-refractivity contribution in [2.45, 2.75) is 13.5 Å². The monoisotopic (exact) mass is 293 g/mol. The van der Waals surface area contributed by atoms with E-state index in [0.29, 0.717) is 22.6 Å². The van der Waals surface area contributed by atoms with Crippen molar-refractivity contribution in [3.63, 3.8) is 0 Å². The van der Waals surface area contributed by atoms with E-state index in [2.05, 4.69) is 10.1 Å². The van der Waals surface area contributed by atoms with Gasteiger partial charge in [0.25, 0.3) is 0 Å². The summed E-state index contributed by atoms with van der Waals surface area (Å²) >= 11 is 5.26. The van der Waals surface area contributed by atoms with Gasteiger partial charge in [-0.3, -0.25) is 0 Å². The molecule has 1 aromatic carbocycles. The first-order valence-electron chi connectivity index (χ1n) is 5.96. The molecular weight excluding hydrogens is 281 g/mol. The molecule has 20 heavy (non-hydrogen) atoms. The first-order valence-corrected chi connectivity index (χ1v) is 6.37. The Morgan fingerprint density at radius 3 is 2.90 bits per heavy atom. The zero-order valence-corrected chi connectivity index (χ0v) is 11.8. The maximum atomic E-state index is 13.7. The van der Waals surface area contributed by atoms with E-state index < -0.39 is 5.82 Å².